The molecule has 0 radical (unpaired) electrons. The molecule has 1 aliphatic heterocycles. The Balaban J connectivity index is 1.74. The van der Waals surface area contributed by atoms with Crippen molar-refractivity contribution in [2.45, 2.75) is 117 Å². The molecule has 2 rings (SSSR count). The summed E-state index contributed by atoms with van der Waals surface area (Å²) >= 11 is 1.18. The number of rotatable bonds is 16. The summed E-state index contributed by atoms with van der Waals surface area (Å²) in [6.07, 6.45) is 11.6. The van der Waals surface area contributed by atoms with E-state index in [-0.39, 0.29) is 18.2 Å². The first-order valence-electron chi connectivity index (χ1n) is 13.9. The van der Waals surface area contributed by atoms with Gasteiger partial charge in [0.05, 0.1) is 31.9 Å². The SMILES string of the molecule is CCCCCCOc1nsnc1C1=CCC[N+](C)(C(C)OC(=O)CCCCCCC(=O)OC(C)(C)C)C1. The van der Waals surface area contributed by atoms with Gasteiger partial charge in [0.1, 0.15) is 17.8 Å². The molecule has 0 aromatic carbocycles. The summed E-state index contributed by atoms with van der Waals surface area (Å²) < 4.78 is 26.7. The van der Waals surface area contributed by atoms with Crippen molar-refractivity contribution in [3.63, 3.8) is 0 Å². The van der Waals surface area contributed by atoms with Gasteiger partial charge in [-0.1, -0.05) is 45.1 Å². The summed E-state index contributed by atoms with van der Waals surface area (Å²) in [4.78, 5) is 24.3. The van der Waals surface area contributed by atoms with Crippen LogP contribution in [0.5, 0.6) is 5.88 Å². The third kappa shape index (κ3) is 11.5. The Morgan fingerprint density at radius 3 is 2.38 bits per heavy atom. The zero-order valence-corrected chi connectivity index (χ0v) is 24.7. The smallest absolute Gasteiger partial charge is 0.310 e. The van der Waals surface area contributed by atoms with Gasteiger partial charge in [-0.25, -0.2) is 0 Å². The molecule has 0 fully saturated rings. The van der Waals surface area contributed by atoms with Crippen molar-refractivity contribution in [1.29, 1.82) is 0 Å². The monoisotopic (exact) mass is 538 g/mol. The molecule has 0 saturated carbocycles. The first-order chi connectivity index (χ1) is 17.5. The molecule has 0 saturated heterocycles. The second-order valence-corrected chi connectivity index (χ2v) is 11.8. The van der Waals surface area contributed by atoms with Gasteiger partial charge in [0.25, 0.3) is 5.88 Å². The molecule has 0 aliphatic carbocycles. The minimum absolute atomic E-state index is 0.160. The highest BCUT2D eigenvalue weighted by Crippen LogP contribution is 2.31. The number of unbranched alkanes of at least 4 members (excludes halogenated alkanes) is 6. The Kier molecular flexibility index (Phi) is 13.0. The standard InChI is InChI=1S/C28H48N3O5S/c1-7-8-9-14-20-34-27-26(29-37-30-27)23-16-15-19-31(6,21-23)22(2)35-24(32)17-12-10-11-13-18-25(33)36-28(3,4)5/h16,22H,7-15,17-21H2,1-6H3/q+1. The molecule has 210 valence electrons. The number of likely N-dealkylation sites (N-methyl/N-ethyl adjacent to an activating group) is 1. The molecule has 0 N–H and O–H groups in total. The topological polar surface area (TPSA) is 87.6 Å². The van der Waals surface area contributed by atoms with E-state index in [1.54, 1.807) is 0 Å². The number of ether oxygens (including phenoxy) is 3. The van der Waals surface area contributed by atoms with Gasteiger partial charge in [0.2, 0.25) is 6.23 Å². The summed E-state index contributed by atoms with van der Waals surface area (Å²) in [5, 5.41) is 0. The number of carbonyl (C=O) groups is 2. The minimum atomic E-state index is -0.442. The first kappa shape index (κ1) is 31.2. The number of quaternary nitrogens is 1. The van der Waals surface area contributed by atoms with Crippen LogP contribution in [0.25, 0.3) is 5.57 Å². The highest BCUT2D eigenvalue weighted by atomic mass is 32.1. The Labute approximate surface area is 227 Å². The van der Waals surface area contributed by atoms with E-state index in [1.807, 2.05) is 27.7 Å². The van der Waals surface area contributed by atoms with Crippen molar-refractivity contribution in [2.24, 2.45) is 0 Å². The van der Waals surface area contributed by atoms with E-state index in [0.29, 0.717) is 29.8 Å². The van der Waals surface area contributed by atoms with Crippen molar-refractivity contribution in [3.05, 3.63) is 11.8 Å². The highest BCUT2D eigenvalue weighted by Gasteiger charge is 2.36. The fraction of sp³-hybridized carbons (Fsp3) is 0.786. The number of esters is 2. The van der Waals surface area contributed by atoms with E-state index < -0.39 is 5.60 Å². The minimum Gasteiger partial charge on any atom is -0.475 e. The summed E-state index contributed by atoms with van der Waals surface area (Å²) in [6, 6.07) is 0. The van der Waals surface area contributed by atoms with E-state index in [4.69, 9.17) is 14.2 Å². The number of hydrogen-bond donors (Lipinski definition) is 0. The van der Waals surface area contributed by atoms with Gasteiger partial charge >= 0.3 is 11.9 Å². The van der Waals surface area contributed by atoms with Crippen LogP contribution in [0.2, 0.25) is 0 Å². The molecule has 1 aromatic heterocycles. The van der Waals surface area contributed by atoms with Gasteiger partial charge in [-0.2, -0.15) is 4.37 Å². The Bertz CT molecular complexity index is 879. The average molecular weight is 539 g/mol. The zero-order valence-electron chi connectivity index (χ0n) is 23.8. The lowest BCUT2D eigenvalue weighted by atomic mass is 10.0. The fourth-order valence-corrected chi connectivity index (χ4v) is 4.91. The van der Waals surface area contributed by atoms with Crippen molar-refractivity contribution in [3.8, 4) is 5.88 Å². The second kappa shape index (κ2) is 15.4. The number of hydrogen-bond acceptors (Lipinski definition) is 8. The molecule has 0 spiro atoms. The molecule has 2 heterocycles. The molecule has 0 bridgehead atoms. The van der Waals surface area contributed by atoms with Gasteiger partial charge in [-0.15, -0.1) is 4.37 Å². The van der Waals surface area contributed by atoms with Gasteiger partial charge in [-0.05, 0) is 40.0 Å². The summed E-state index contributed by atoms with van der Waals surface area (Å²) in [5.74, 6) is 0.297. The largest absolute Gasteiger partial charge is 0.475 e. The van der Waals surface area contributed by atoms with Crippen LogP contribution in [0.4, 0.5) is 0 Å². The quantitative estimate of drug-likeness (QED) is 0.139. The Hall–Kier alpha value is -2.00. The molecule has 0 amide bonds. The maximum absolute atomic E-state index is 12.5. The lowest BCUT2D eigenvalue weighted by molar-refractivity contribution is -0.944. The third-order valence-corrected chi connectivity index (χ3v) is 7.18. The van der Waals surface area contributed by atoms with Crippen LogP contribution >= 0.6 is 11.7 Å². The van der Waals surface area contributed by atoms with E-state index in [9.17, 15) is 9.59 Å². The normalized spacial score (nSPS) is 18.7. The van der Waals surface area contributed by atoms with Crippen molar-refractivity contribution in [2.75, 3.05) is 26.7 Å². The molecule has 8 nitrogen and oxygen atoms in total. The lowest BCUT2D eigenvalue weighted by Gasteiger charge is -2.41. The predicted octanol–water partition coefficient (Wildman–Crippen LogP) is 6.30. The van der Waals surface area contributed by atoms with Crippen LogP contribution in [0.15, 0.2) is 6.08 Å². The van der Waals surface area contributed by atoms with Crippen LogP contribution in [-0.2, 0) is 19.1 Å². The molecule has 9 heteroatoms. The van der Waals surface area contributed by atoms with Crippen LogP contribution in [0, 0.1) is 0 Å². The van der Waals surface area contributed by atoms with E-state index >= 15 is 0 Å². The molecule has 2 unspecified atom stereocenters. The number of carbonyl (C=O) groups excluding carboxylic acids is 2. The zero-order chi connectivity index (χ0) is 27.3. The first-order valence-corrected chi connectivity index (χ1v) is 14.7. The summed E-state index contributed by atoms with van der Waals surface area (Å²) in [7, 11) is 2.13. The predicted molar refractivity (Wildman–Crippen MR) is 147 cm³/mol. The molecule has 1 aromatic rings. The van der Waals surface area contributed by atoms with Gasteiger partial charge in [-0.3, -0.25) is 14.1 Å². The molecular weight excluding hydrogens is 490 g/mol. The third-order valence-electron chi connectivity index (χ3n) is 6.67. The fourth-order valence-electron chi connectivity index (χ4n) is 4.38. The highest BCUT2D eigenvalue weighted by molar-refractivity contribution is 6.99. The molecule has 2 atom stereocenters. The maximum atomic E-state index is 12.5. The van der Waals surface area contributed by atoms with E-state index in [1.165, 1.54) is 24.6 Å². The van der Waals surface area contributed by atoms with Crippen molar-refractivity contribution in [1.82, 2.24) is 8.75 Å². The molecule has 1 aliphatic rings. The maximum Gasteiger partial charge on any atom is 0.310 e. The summed E-state index contributed by atoms with van der Waals surface area (Å²) in [6.45, 7) is 12.1. The lowest BCUT2D eigenvalue weighted by Crippen LogP contribution is -2.55. The molecular formula is C28H48N3O5S+. The second-order valence-electron chi connectivity index (χ2n) is 11.3. The van der Waals surface area contributed by atoms with Gasteiger partial charge in [0.15, 0.2) is 0 Å². The summed E-state index contributed by atoms with van der Waals surface area (Å²) in [5.41, 5.74) is 1.50. The Morgan fingerprint density at radius 2 is 1.70 bits per heavy atom. The van der Waals surface area contributed by atoms with Crippen LogP contribution in [0.3, 0.4) is 0 Å². The van der Waals surface area contributed by atoms with Crippen LogP contribution in [0.1, 0.15) is 111 Å². The van der Waals surface area contributed by atoms with Crippen molar-refractivity contribution >= 4 is 29.2 Å². The van der Waals surface area contributed by atoms with E-state index in [2.05, 4.69) is 28.8 Å². The average Bonchev–Trinajstić information content (AvgIpc) is 3.28. The molecule has 37 heavy (non-hydrogen) atoms. The number of aromatic nitrogens is 2. The van der Waals surface area contributed by atoms with Crippen molar-refractivity contribution < 1.29 is 28.3 Å². The van der Waals surface area contributed by atoms with Gasteiger partial charge in [0, 0.05) is 31.8 Å². The Morgan fingerprint density at radius 1 is 1.03 bits per heavy atom. The number of nitrogens with zero attached hydrogens (tertiary/aromatic N) is 3. The van der Waals surface area contributed by atoms with Crippen LogP contribution in [-0.4, -0.2) is 63.7 Å². The van der Waals surface area contributed by atoms with Gasteiger partial charge < -0.3 is 14.2 Å². The van der Waals surface area contributed by atoms with Crippen LogP contribution < -0.4 is 4.74 Å². The van der Waals surface area contributed by atoms with E-state index in [0.717, 1.165) is 69.3 Å².